The fourth-order valence-electron chi connectivity index (χ4n) is 4.97. The number of carbonyl (C=O) groups excluding carboxylic acids is 4. The molecule has 0 saturated carbocycles. The van der Waals surface area contributed by atoms with Gasteiger partial charge in [-0.15, -0.1) is 0 Å². The monoisotopic (exact) mass is 664 g/mol. The Labute approximate surface area is 278 Å². The van der Waals surface area contributed by atoms with Gasteiger partial charge in [0.1, 0.15) is 45.3 Å². The molecule has 256 valence electrons. The van der Waals surface area contributed by atoms with Crippen molar-refractivity contribution in [3.63, 3.8) is 0 Å². The van der Waals surface area contributed by atoms with E-state index in [0.29, 0.717) is 35.5 Å². The largest absolute Gasteiger partial charge is 0.506 e. The van der Waals surface area contributed by atoms with Gasteiger partial charge in [-0.3, -0.25) is 0 Å². The third-order valence-electron chi connectivity index (χ3n) is 6.78. The summed E-state index contributed by atoms with van der Waals surface area (Å²) in [7, 11) is 0. The van der Waals surface area contributed by atoms with Crippen molar-refractivity contribution in [2.75, 3.05) is 39.6 Å². The summed E-state index contributed by atoms with van der Waals surface area (Å²) in [5, 5.41) is 22.5. The smallest absolute Gasteiger partial charge is 0.342 e. The summed E-state index contributed by atoms with van der Waals surface area (Å²) < 4.78 is 31.6. The van der Waals surface area contributed by atoms with E-state index in [2.05, 4.69) is 0 Å². The molecule has 12 nitrogen and oxygen atoms in total. The van der Waals surface area contributed by atoms with Crippen LogP contribution in [0, 0.1) is 0 Å². The first-order valence-electron chi connectivity index (χ1n) is 15.6. The highest BCUT2D eigenvalue weighted by atomic mass is 16.6. The lowest BCUT2D eigenvalue weighted by molar-refractivity contribution is 0.0471. The molecule has 0 aliphatic carbocycles. The van der Waals surface area contributed by atoms with Crippen molar-refractivity contribution < 1.29 is 57.8 Å². The second-order valence-electron chi connectivity index (χ2n) is 9.69. The summed E-state index contributed by atoms with van der Waals surface area (Å²) in [5.74, 6) is -3.34. The molecule has 0 aliphatic heterocycles. The van der Waals surface area contributed by atoms with Crippen molar-refractivity contribution in [3.8, 4) is 23.0 Å². The number of phenols is 2. The fraction of sp³-hybridized carbons (Fsp3) is 0.333. The number of benzene rings is 4. The van der Waals surface area contributed by atoms with Crippen LogP contribution in [-0.2, 0) is 18.9 Å². The number of fused-ring (bicyclic) bond motifs is 2. The number of phenolic OH excluding ortho intramolecular Hbond substituents is 2. The van der Waals surface area contributed by atoms with Gasteiger partial charge in [0.2, 0.25) is 0 Å². The number of hydrogen-bond acceptors (Lipinski definition) is 12. The predicted octanol–water partition coefficient (Wildman–Crippen LogP) is 6.60. The molecule has 4 aromatic rings. The highest BCUT2D eigenvalue weighted by Crippen LogP contribution is 2.42. The molecule has 0 heterocycles. The van der Waals surface area contributed by atoms with Crippen molar-refractivity contribution in [2.24, 2.45) is 0 Å². The van der Waals surface area contributed by atoms with Gasteiger partial charge in [0.05, 0.1) is 39.6 Å². The highest BCUT2D eigenvalue weighted by Gasteiger charge is 2.32. The van der Waals surface area contributed by atoms with Gasteiger partial charge >= 0.3 is 23.9 Å². The van der Waals surface area contributed by atoms with E-state index in [4.69, 9.17) is 28.4 Å². The van der Waals surface area contributed by atoms with E-state index in [1.165, 1.54) is 12.1 Å². The molecule has 0 aromatic heterocycles. The molecule has 0 radical (unpaired) electrons. The third-order valence-corrected chi connectivity index (χ3v) is 6.78. The molecule has 12 heteroatoms. The SMILES string of the molecule is CCOC(=O)c1c(C(=O)OCC)c(O)c2ccccc2c1O.CCOC(=O)c1c(C(=O)OCC)c(OCC)c2ccccc2c1OCC. The van der Waals surface area contributed by atoms with Crippen molar-refractivity contribution in [2.45, 2.75) is 41.5 Å². The molecule has 0 amide bonds. The van der Waals surface area contributed by atoms with Crippen molar-refractivity contribution in [1.82, 2.24) is 0 Å². The van der Waals surface area contributed by atoms with Crippen LogP contribution in [0.15, 0.2) is 48.5 Å². The molecule has 0 aliphatic rings. The zero-order valence-corrected chi connectivity index (χ0v) is 27.8. The summed E-state index contributed by atoms with van der Waals surface area (Å²) in [6.07, 6.45) is 0. The molecule has 4 aromatic carbocycles. The average molecular weight is 665 g/mol. The Balaban J connectivity index is 0.000000264. The van der Waals surface area contributed by atoms with E-state index in [1.807, 2.05) is 38.1 Å². The first-order chi connectivity index (χ1) is 23.1. The number of carbonyl (C=O) groups is 4. The van der Waals surface area contributed by atoms with Crippen molar-refractivity contribution >= 4 is 45.4 Å². The van der Waals surface area contributed by atoms with Crippen molar-refractivity contribution in [3.05, 3.63) is 70.8 Å². The summed E-state index contributed by atoms with van der Waals surface area (Å²) in [4.78, 5) is 49.6. The Morgan fingerprint density at radius 2 is 0.708 bits per heavy atom. The second kappa shape index (κ2) is 17.4. The topological polar surface area (TPSA) is 164 Å². The maximum atomic E-state index is 12.7. The Kier molecular flexibility index (Phi) is 13.4. The van der Waals surface area contributed by atoms with Crippen LogP contribution in [0.3, 0.4) is 0 Å². The molecule has 2 N–H and O–H groups in total. The molecule has 0 spiro atoms. The van der Waals surface area contributed by atoms with Gasteiger partial charge in [0.15, 0.2) is 0 Å². The molecule has 0 unspecified atom stereocenters. The lowest BCUT2D eigenvalue weighted by atomic mass is 9.97. The van der Waals surface area contributed by atoms with Crippen LogP contribution in [0.25, 0.3) is 21.5 Å². The number of rotatable bonds is 12. The van der Waals surface area contributed by atoms with Gasteiger partial charge in [-0.1, -0.05) is 48.5 Å². The molecular weight excluding hydrogens is 624 g/mol. The molecule has 48 heavy (non-hydrogen) atoms. The zero-order chi connectivity index (χ0) is 35.4. The van der Waals surface area contributed by atoms with Gasteiger partial charge < -0.3 is 38.6 Å². The quantitative estimate of drug-likeness (QED) is 0.0949. The predicted molar refractivity (Wildman–Crippen MR) is 177 cm³/mol. The van der Waals surface area contributed by atoms with Crippen LogP contribution in [-0.4, -0.2) is 73.7 Å². The van der Waals surface area contributed by atoms with Crippen LogP contribution in [0.5, 0.6) is 23.0 Å². The van der Waals surface area contributed by atoms with Crippen molar-refractivity contribution in [1.29, 1.82) is 0 Å². The van der Waals surface area contributed by atoms with Crippen LogP contribution >= 0.6 is 0 Å². The minimum Gasteiger partial charge on any atom is -0.506 e. The second-order valence-corrected chi connectivity index (χ2v) is 9.69. The summed E-state index contributed by atoms with van der Waals surface area (Å²) in [5.41, 5.74) is -0.711. The van der Waals surface area contributed by atoms with E-state index in [9.17, 15) is 29.4 Å². The van der Waals surface area contributed by atoms with E-state index in [0.717, 1.165) is 0 Å². The minimum atomic E-state index is -0.899. The molecule has 0 fully saturated rings. The van der Waals surface area contributed by atoms with Crippen LogP contribution in [0.1, 0.15) is 83.0 Å². The fourth-order valence-corrected chi connectivity index (χ4v) is 4.97. The zero-order valence-electron chi connectivity index (χ0n) is 27.8. The summed E-state index contributed by atoms with van der Waals surface area (Å²) in [6, 6.07) is 13.6. The minimum absolute atomic E-state index is 0.0364. The highest BCUT2D eigenvalue weighted by molar-refractivity contribution is 6.15. The third kappa shape index (κ3) is 7.71. The molecule has 0 bridgehead atoms. The summed E-state index contributed by atoms with van der Waals surface area (Å²) >= 11 is 0. The summed E-state index contributed by atoms with van der Waals surface area (Å²) in [6.45, 7) is 11.3. The van der Waals surface area contributed by atoms with Gasteiger partial charge in [-0.25, -0.2) is 19.2 Å². The number of esters is 4. The Bertz CT molecular complexity index is 1660. The van der Waals surface area contributed by atoms with Gasteiger partial charge in [0, 0.05) is 21.5 Å². The van der Waals surface area contributed by atoms with Gasteiger partial charge in [-0.2, -0.15) is 0 Å². The van der Waals surface area contributed by atoms with Crippen LogP contribution in [0.2, 0.25) is 0 Å². The maximum absolute atomic E-state index is 12.7. The first-order valence-corrected chi connectivity index (χ1v) is 15.6. The molecular formula is C36H40O12. The lowest BCUT2D eigenvalue weighted by Crippen LogP contribution is -2.18. The molecule has 4 rings (SSSR count). The number of hydrogen-bond donors (Lipinski definition) is 2. The lowest BCUT2D eigenvalue weighted by Gasteiger charge is -2.20. The van der Waals surface area contributed by atoms with E-state index < -0.39 is 46.5 Å². The first kappa shape index (κ1) is 36.9. The van der Waals surface area contributed by atoms with Gasteiger partial charge in [-0.05, 0) is 41.5 Å². The van der Waals surface area contributed by atoms with Gasteiger partial charge in [0.25, 0.3) is 0 Å². The average Bonchev–Trinajstić information content (AvgIpc) is 3.07. The molecule has 0 saturated heterocycles. The number of ether oxygens (including phenoxy) is 6. The molecule has 0 atom stereocenters. The normalized spacial score (nSPS) is 10.5. The maximum Gasteiger partial charge on any atom is 0.342 e. The number of aromatic hydroxyl groups is 2. The van der Waals surface area contributed by atoms with Crippen LogP contribution < -0.4 is 9.47 Å². The van der Waals surface area contributed by atoms with E-state index in [-0.39, 0.29) is 48.3 Å². The van der Waals surface area contributed by atoms with E-state index in [1.54, 1.807) is 39.8 Å². The standard InChI is InChI=1S/C20H24O6.C16H16O6/c1-5-23-17-13-11-9-10-12-14(13)18(24-6-2)16(20(22)26-8-4)15(17)19(21)25-7-3;1-3-21-15(19)11-12(16(20)22-4-2)14(18)10-8-6-5-7-9(10)13(11)17/h9-12H,5-8H2,1-4H3;5-8,17-18H,3-4H2,1-2H3. The Hall–Kier alpha value is -5.52. The van der Waals surface area contributed by atoms with Crippen LogP contribution in [0.4, 0.5) is 0 Å². The Morgan fingerprint density at radius 3 is 0.979 bits per heavy atom. The van der Waals surface area contributed by atoms with E-state index >= 15 is 0 Å². The Morgan fingerprint density at radius 1 is 0.438 bits per heavy atom.